The number of fused-ring (bicyclic) bond motifs is 1. The zero-order valence-electron chi connectivity index (χ0n) is 13.1. The zero-order chi connectivity index (χ0) is 18.2. The highest BCUT2D eigenvalue weighted by Gasteiger charge is 2.25. The maximum Gasteiger partial charge on any atom is 0.271 e. The highest BCUT2D eigenvalue weighted by Crippen LogP contribution is 2.33. The summed E-state index contributed by atoms with van der Waals surface area (Å²) in [6.07, 6.45) is 0. The Bertz CT molecular complexity index is 1080. The molecular formula is C17H13ClN2O4S. The first-order valence-electron chi connectivity index (χ1n) is 7.22. The Morgan fingerprint density at radius 2 is 1.68 bits per heavy atom. The number of hydrogen-bond donors (Lipinski definition) is 0. The summed E-state index contributed by atoms with van der Waals surface area (Å²) < 4.78 is 26.8. The number of nitro groups is 1. The smallest absolute Gasteiger partial charge is 0.268 e. The van der Waals surface area contributed by atoms with Gasteiger partial charge in [-0.15, -0.1) is 0 Å². The molecule has 0 spiro atoms. The topological polar surface area (TPSA) is 80.5 Å². The minimum absolute atomic E-state index is 0.0454. The van der Waals surface area contributed by atoms with E-state index < -0.39 is 14.9 Å². The van der Waals surface area contributed by atoms with Gasteiger partial charge < -0.3 is 0 Å². The highest BCUT2D eigenvalue weighted by atomic mass is 35.5. The van der Waals surface area contributed by atoms with Crippen LogP contribution in [0.25, 0.3) is 10.8 Å². The Balaban J connectivity index is 2.09. The van der Waals surface area contributed by atoms with Crippen LogP contribution in [0.15, 0.2) is 65.6 Å². The molecule has 0 N–H and O–H groups in total. The van der Waals surface area contributed by atoms with Gasteiger partial charge in [-0.2, -0.15) is 0 Å². The van der Waals surface area contributed by atoms with Crippen molar-refractivity contribution in [2.45, 2.75) is 4.90 Å². The number of nitrogens with zero attached hydrogens (tertiary/aromatic N) is 2. The molecule has 8 heteroatoms. The second-order valence-electron chi connectivity index (χ2n) is 5.37. The van der Waals surface area contributed by atoms with Crippen molar-refractivity contribution in [1.29, 1.82) is 0 Å². The summed E-state index contributed by atoms with van der Waals surface area (Å²) in [5.74, 6) is 0. The molecule has 3 aromatic carbocycles. The average molecular weight is 377 g/mol. The van der Waals surface area contributed by atoms with Crippen LogP contribution in [-0.4, -0.2) is 20.4 Å². The summed E-state index contributed by atoms with van der Waals surface area (Å²) in [6, 6.07) is 15.8. The summed E-state index contributed by atoms with van der Waals surface area (Å²) in [5, 5.41) is 12.8. The number of hydrogen-bond acceptors (Lipinski definition) is 4. The van der Waals surface area contributed by atoms with Gasteiger partial charge in [0.25, 0.3) is 15.7 Å². The molecule has 3 rings (SSSR count). The third kappa shape index (κ3) is 3.16. The fourth-order valence-corrected chi connectivity index (χ4v) is 4.01. The number of rotatable bonds is 4. The van der Waals surface area contributed by atoms with Gasteiger partial charge in [0.15, 0.2) is 0 Å². The fraction of sp³-hybridized carbons (Fsp3) is 0.0588. The van der Waals surface area contributed by atoms with E-state index in [9.17, 15) is 18.5 Å². The van der Waals surface area contributed by atoms with Crippen molar-refractivity contribution in [3.05, 3.63) is 75.8 Å². The standard InChI is InChI=1S/C17H13ClN2O4S/c1-19(17-11-14(20(21)22)7-9-16(17)18)25(23,24)15-8-6-12-4-2-3-5-13(12)10-15/h2-11H,1H3. The Morgan fingerprint density at radius 3 is 2.36 bits per heavy atom. The van der Waals surface area contributed by atoms with E-state index in [1.54, 1.807) is 12.1 Å². The lowest BCUT2D eigenvalue weighted by molar-refractivity contribution is -0.384. The van der Waals surface area contributed by atoms with E-state index >= 15 is 0 Å². The summed E-state index contributed by atoms with van der Waals surface area (Å²) in [7, 11) is -2.61. The van der Waals surface area contributed by atoms with Crippen molar-refractivity contribution in [3.63, 3.8) is 0 Å². The number of anilines is 1. The van der Waals surface area contributed by atoms with E-state index in [0.29, 0.717) is 0 Å². The van der Waals surface area contributed by atoms with Gasteiger partial charge in [-0.3, -0.25) is 14.4 Å². The monoisotopic (exact) mass is 376 g/mol. The number of sulfonamides is 1. The molecule has 0 aromatic heterocycles. The summed E-state index contributed by atoms with van der Waals surface area (Å²) in [5.41, 5.74) is -0.191. The predicted octanol–water partition coefficient (Wildman–Crippen LogP) is 4.23. The third-order valence-corrected chi connectivity index (χ3v) is 5.95. The van der Waals surface area contributed by atoms with Gasteiger partial charge in [-0.05, 0) is 29.0 Å². The molecule has 0 aliphatic heterocycles. The van der Waals surface area contributed by atoms with E-state index in [4.69, 9.17) is 11.6 Å². The highest BCUT2D eigenvalue weighted by molar-refractivity contribution is 7.92. The predicted molar refractivity (Wildman–Crippen MR) is 97.6 cm³/mol. The maximum absolute atomic E-state index is 12.9. The van der Waals surface area contributed by atoms with Gasteiger partial charge in [0.2, 0.25) is 0 Å². The Hall–Kier alpha value is -2.64. The van der Waals surface area contributed by atoms with Crippen molar-refractivity contribution in [2.75, 3.05) is 11.4 Å². The van der Waals surface area contributed by atoms with Gasteiger partial charge in [0, 0.05) is 19.2 Å². The van der Waals surface area contributed by atoms with Crippen LogP contribution in [0.3, 0.4) is 0 Å². The zero-order valence-corrected chi connectivity index (χ0v) is 14.7. The summed E-state index contributed by atoms with van der Waals surface area (Å²) in [6.45, 7) is 0. The second-order valence-corrected chi connectivity index (χ2v) is 7.75. The molecule has 3 aromatic rings. The molecule has 0 unspecified atom stereocenters. The van der Waals surface area contributed by atoms with Crippen molar-refractivity contribution in [1.82, 2.24) is 0 Å². The Morgan fingerprint density at radius 1 is 1.00 bits per heavy atom. The second kappa shape index (κ2) is 6.34. The van der Waals surface area contributed by atoms with Crippen molar-refractivity contribution in [3.8, 4) is 0 Å². The van der Waals surface area contributed by atoms with Crippen LogP contribution in [0, 0.1) is 10.1 Å². The van der Waals surface area contributed by atoms with Gasteiger partial charge >= 0.3 is 0 Å². The van der Waals surface area contributed by atoms with E-state index in [-0.39, 0.29) is 21.3 Å². The lowest BCUT2D eigenvalue weighted by Crippen LogP contribution is -2.26. The van der Waals surface area contributed by atoms with Crippen molar-refractivity contribution >= 4 is 43.8 Å². The molecule has 0 saturated heterocycles. The van der Waals surface area contributed by atoms with Gasteiger partial charge in [-0.25, -0.2) is 8.42 Å². The minimum atomic E-state index is -3.92. The summed E-state index contributed by atoms with van der Waals surface area (Å²) >= 11 is 6.06. The molecule has 6 nitrogen and oxygen atoms in total. The molecule has 0 amide bonds. The lowest BCUT2D eigenvalue weighted by Gasteiger charge is -2.20. The van der Waals surface area contributed by atoms with Crippen LogP contribution in [-0.2, 0) is 10.0 Å². The quantitative estimate of drug-likeness (QED) is 0.504. The molecule has 128 valence electrons. The maximum atomic E-state index is 12.9. The summed E-state index contributed by atoms with van der Waals surface area (Å²) in [4.78, 5) is 10.4. The largest absolute Gasteiger partial charge is 0.271 e. The molecule has 0 radical (unpaired) electrons. The van der Waals surface area contributed by atoms with Gasteiger partial charge in [-0.1, -0.05) is 41.9 Å². The van der Waals surface area contributed by atoms with Crippen molar-refractivity contribution < 1.29 is 13.3 Å². The van der Waals surface area contributed by atoms with E-state index in [1.807, 2.05) is 24.3 Å². The van der Waals surface area contributed by atoms with Gasteiger partial charge in [0.1, 0.15) is 0 Å². The SMILES string of the molecule is CN(c1cc([N+](=O)[O-])ccc1Cl)S(=O)(=O)c1ccc2ccccc2c1. The number of non-ortho nitro benzene ring substituents is 1. The number of nitro benzene ring substituents is 1. The third-order valence-electron chi connectivity index (χ3n) is 3.86. The van der Waals surface area contributed by atoms with Crippen LogP contribution in [0.5, 0.6) is 0 Å². The number of halogens is 1. The lowest BCUT2D eigenvalue weighted by atomic mass is 10.1. The van der Waals surface area contributed by atoms with Crippen LogP contribution in [0.2, 0.25) is 5.02 Å². The van der Waals surface area contributed by atoms with E-state index in [0.717, 1.165) is 21.1 Å². The molecule has 0 heterocycles. The van der Waals surface area contributed by atoms with Crippen LogP contribution in [0.4, 0.5) is 11.4 Å². The first-order chi connectivity index (χ1) is 11.8. The van der Waals surface area contributed by atoms with Crippen LogP contribution in [0.1, 0.15) is 0 Å². The first-order valence-corrected chi connectivity index (χ1v) is 9.04. The molecule has 0 aliphatic rings. The Kier molecular flexibility index (Phi) is 4.36. The molecule has 0 saturated carbocycles. The van der Waals surface area contributed by atoms with Crippen molar-refractivity contribution in [2.24, 2.45) is 0 Å². The Labute approximate surface area is 149 Å². The van der Waals surface area contributed by atoms with E-state index in [1.165, 1.54) is 25.2 Å². The molecule has 0 atom stereocenters. The van der Waals surface area contributed by atoms with E-state index in [2.05, 4.69) is 0 Å². The average Bonchev–Trinajstić information content (AvgIpc) is 2.60. The van der Waals surface area contributed by atoms with Crippen LogP contribution >= 0.6 is 11.6 Å². The fourth-order valence-electron chi connectivity index (χ4n) is 2.47. The molecule has 0 fully saturated rings. The minimum Gasteiger partial charge on any atom is -0.268 e. The van der Waals surface area contributed by atoms with Gasteiger partial charge in [0.05, 0.1) is 20.5 Å². The molecule has 0 bridgehead atoms. The normalized spacial score (nSPS) is 11.4. The number of benzene rings is 3. The first kappa shape index (κ1) is 17.2. The molecule has 25 heavy (non-hydrogen) atoms. The molecular weight excluding hydrogens is 364 g/mol. The van der Waals surface area contributed by atoms with Crippen LogP contribution < -0.4 is 4.31 Å². The molecule has 0 aliphatic carbocycles.